The number of amides is 2. The highest BCUT2D eigenvalue weighted by Crippen LogP contribution is 2.21. The molecule has 2 aromatic heterocycles. The van der Waals surface area contributed by atoms with Crippen molar-refractivity contribution in [1.29, 1.82) is 0 Å². The van der Waals surface area contributed by atoms with E-state index in [0.717, 1.165) is 0 Å². The third-order valence-electron chi connectivity index (χ3n) is 3.89. The monoisotopic (exact) mass is 410 g/mol. The smallest absolute Gasteiger partial charge is 0.277 e. The van der Waals surface area contributed by atoms with Crippen molar-refractivity contribution in [2.24, 2.45) is 7.05 Å². The molecule has 0 saturated carbocycles. The number of halogens is 1. The molecule has 0 bridgehead atoms. The largest absolute Gasteiger partial charge is 0.378 e. The van der Waals surface area contributed by atoms with Gasteiger partial charge in [0.15, 0.2) is 5.69 Å². The Labute approximate surface area is 153 Å². The number of morpholine rings is 1. The molecule has 0 spiro atoms. The van der Waals surface area contributed by atoms with E-state index >= 15 is 0 Å². The Kier molecular flexibility index (Phi) is 5.19. The van der Waals surface area contributed by atoms with E-state index in [9.17, 15) is 9.59 Å². The van der Waals surface area contributed by atoms with E-state index in [0.29, 0.717) is 48.7 Å². The number of hydrogen-bond donors (Lipinski definition) is 1. The number of anilines is 1. The Morgan fingerprint density at radius 3 is 2.68 bits per heavy atom. The minimum absolute atomic E-state index is 0.168. The number of nitrogens with one attached hydrogen (secondary N) is 1. The molecule has 9 nitrogen and oxygen atoms in total. The van der Waals surface area contributed by atoms with Crippen LogP contribution in [0.2, 0.25) is 0 Å². The summed E-state index contributed by atoms with van der Waals surface area (Å²) in [5.41, 5.74) is 0.988. The fraction of sp³-hybridized carbons (Fsp3) is 0.467. The molecule has 1 aliphatic rings. The Bertz CT molecular complexity index is 793. The highest BCUT2D eigenvalue weighted by atomic mass is 79.9. The predicted octanol–water partition coefficient (Wildman–Crippen LogP) is 1.12. The quantitative estimate of drug-likeness (QED) is 0.814. The predicted molar refractivity (Wildman–Crippen MR) is 93.5 cm³/mol. The van der Waals surface area contributed by atoms with Gasteiger partial charge in [-0.25, -0.2) is 0 Å². The van der Waals surface area contributed by atoms with E-state index in [1.165, 1.54) is 10.9 Å². The fourth-order valence-electron chi connectivity index (χ4n) is 2.65. The van der Waals surface area contributed by atoms with E-state index in [2.05, 4.69) is 31.4 Å². The molecule has 2 amide bonds. The van der Waals surface area contributed by atoms with Gasteiger partial charge in [-0.2, -0.15) is 10.2 Å². The van der Waals surface area contributed by atoms with Gasteiger partial charge in [0, 0.05) is 32.9 Å². The molecule has 0 radical (unpaired) electrons. The van der Waals surface area contributed by atoms with Gasteiger partial charge in [-0.15, -0.1) is 0 Å². The topological polar surface area (TPSA) is 94.3 Å². The second-order valence-electron chi connectivity index (χ2n) is 5.58. The molecule has 0 unspecified atom stereocenters. The standard InChI is InChI=1S/C15H19BrN6O3/c1-3-22-13(15(24)21-4-6-25-7-5-21)11(8-17-22)18-14(23)12-10(16)9-20(2)19-12/h8-9H,3-7H2,1-2H3,(H,18,23). The molecule has 2 aromatic rings. The average molecular weight is 411 g/mol. The molecule has 1 N–H and O–H groups in total. The summed E-state index contributed by atoms with van der Waals surface area (Å²) >= 11 is 3.31. The van der Waals surface area contributed by atoms with E-state index < -0.39 is 5.91 Å². The van der Waals surface area contributed by atoms with Crippen molar-refractivity contribution in [3.63, 3.8) is 0 Å². The Balaban J connectivity index is 1.86. The number of aromatic nitrogens is 4. The summed E-state index contributed by atoms with van der Waals surface area (Å²) in [5.74, 6) is -0.572. The number of nitrogens with zero attached hydrogens (tertiary/aromatic N) is 5. The third-order valence-corrected chi connectivity index (χ3v) is 4.47. The molecule has 1 aliphatic heterocycles. The maximum atomic E-state index is 12.9. The van der Waals surface area contributed by atoms with Crippen LogP contribution >= 0.6 is 15.9 Å². The average Bonchev–Trinajstić information content (AvgIpc) is 3.17. The molecule has 1 fully saturated rings. The van der Waals surface area contributed by atoms with Crippen LogP contribution in [0, 0.1) is 0 Å². The van der Waals surface area contributed by atoms with Gasteiger partial charge >= 0.3 is 0 Å². The van der Waals surface area contributed by atoms with Gasteiger partial charge in [0.2, 0.25) is 0 Å². The first-order valence-electron chi connectivity index (χ1n) is 7.94. The fourth-order valence-corrected chi connectivity index (χ4v) is 3.21. The van der Waals surface area contributed by atoms with Gasteiger partial charge in [-0.3, -0.25) is 19.0 Å². The molecule has 0 aromatic carbocycles. The van der Waals surface area contributed by atoms with E-state index in [1.807, 2.05) is 6.92 Å². The van der Waals surface area contributed by atoms with Crippen LogP contribution < -0.4 is 5.32 Å². The number of ether oxygens (including phenoxy) is 1. The summed E-state index contributed by atoms with van der Waals surface area (Å²) in [7, 11) is 1.73. The van der Waals surface area contributed by atoms with Gasteiger partial charge in [0.25, 0.3) is 11.8 Å². The molecular weight excluding hydrogens is 392 g/mol. The number of carbonyl (C=O) groups excluding carboxylic acids is 2. The molecule has 1 saturated heterocycles. The molecule has 3 heterocycles. The van der Waals surface area contributed by atoms with Gasteiger partial charge < -0.3 is 15.0 Å². The summed E-state index contributed by atoms with van der Waals surface area (Å²) in [6, 6.07) is 0. The van der Waals surface area contributed by atoms with Crippen LogP contribution in [0.3, 0.4) is 0 Å². The number of hydrogen-bond acceptors (Lipinski definition) is 5. The van der Waals surface area contributed by atoms with Crippen molar-refractivity contribution in [2.45, 2.75) is 13.5 Å². The first-order chi connectivity index (χ1) is 12.0. The van der Waals surface area contributed by atoms with E-state index in [-0.39, 0.29) is 11.6 Å². The van der Waals surface area contributed by atoms with Crippen molar-refractivity contribution in [3.8, 4) is 0 Å². The second-order valence-corrected chi connectivity index (χ2v) is 6.43. The molecule has 25 heavy (non-hydrogen) atoms. The molecule has 3 rings (SSSR count). The Morgan fingerprint density at radius 1 is 1.36 bits per heavy atom. The third kappa shape index (κ3) is 3.59. The molecule has 134 valence electrons. The van der Waals surface area contributed by atoms with Crippen LogP contribution in [-0.4, -0.2) is 62.6 Å². The first-order valence-corrected chi connectivity index (χ1v) is 8.74. The van der Waals surface area contributed by atoms with Crippen LogP contribution in [-0.2, 0) is 18.3 Å². The lowest BCUT2D eigenvalue weighted by Gasteiger charge is -2.27. The lowest BCUT2D eigenvalue weighted by atomic mass is 10.2. The van der Waals surface area contributed by atoms with E-state index in [4.69, 9.17) is 4.74 Å². The summed E-state index contributed by atoms with van der Waals surface area (Å²) in [5, 5.41) is 11.1. The van der Waals surface area contributed by atoms with Crippen LogP contribution in [0.25, 0.3) is 0 Å². The van der Waals surface area contributed by atoms with E-state index in [1.54, 1.807) is 22.8 Å². The lowest BCUT2D eigenvalue weighted by molar-refractivity contribution is 0.0295. The van der Waals surface area contributed by atoms with Crippen molar-refractivity contribution in [2.75, 3.05) is 31.6 Å². The van der Waals surface area contributed by atoms with Crippen molar-refractivity contribution >= 4 is 33.4 Å². The Hall–Kier alpha value is -2.20. The molecule has 0 aliphatic carbocycles. The van der Waals surface area contributed by atoms with Gasteiger partial charge in [-0.05, 0) is 22.9 Å². The normalized spacial score (nSPS) is 14.6. The van der Waals surface area contributed by atoms with Crippen LogP contribution in [0.1, 0.15) is 27.9 Å². The number of rotatable bonds is 4. The van der Waals surface area contributed by atoms with Crippen molar-refractivity contribution < 1.29 is 14.3 Å². The highest BCUT2D eigenvalue weighted by Gasteiger charge is 2.27. The van der Waals surface area contributed by atoms with Crippen LogP contribution in [0.15, 0.2) is 16.9 Å². The van der Waals surface area contributed by atoms with Crippen LogP contribution in [0.4, 0.5) is 5.69 Å². The summed E-state index contributed by atoms with van der Waals surface area (Å²) in [4.78, 5) is 27.1. The highest BCUT2D eigenvalue weighted by molar-refractivity contribution is 9.10. The first kappa shape index (κ1) is 17.6. The van der Waals surface area contributed by atoms with Crippen LogP contribution in [0.5, 0.6) is 0 Å². The summed E-state index contributed by atoms with van der Waals surface area (Å²) in [6.07, 6.45) is 3.18. The minimum atomic E-state index is -0.404. The van der Waals surface area contributed by atoms with Gasteiger partial charge in [0.05, 0.1) is 29.6 Å². The Morgan fingerprint density at radius 2 is 2.08 bits per heavy atom. The summed E-state index contributed by atoms with van der Waals surface area (Å²) < 4.78 is 8.99. The minimum Gasteiger partial charge on any atom is -0.378 e. The summed E-state index contributed by atoms with van der Waals surface area (Å²) in [6.45, 7) is 4.47. The zero-order valence-electron chi connectivity index (χ0n) is 14.0. The molecule has 10 heteroatoms. The SMILES string of the molecule is CCn1ncc(NC(=O)c2nn(C)cc2Br)c1C(=O)N1CCOCC1. The van der Waals surface area contributed by atoms with Crippen molar-refractivity contribution in [3.05, 3.63) is 28.3 Å². The zero-order valence-corrected chi connectivity index (χ0v) is 15.6. The zero-order chi connectivity index (χ0) is 18.0. The maximum Gasteiger partial charge on any atom is 0.277 e. The molecule has 0 atom stereocenters. The maximum absolute atomic E-state index is 12.9. The molecular formula is C15H19BrN6O3. The number of carbonyl (C=O) groups is 2. The second kappa shape index (κ2) is 7.36. The van der Waals surface area contributed by atoms with Crippen molar-refractivity contribution in [1.82, 2.24) is 24.5 Å². The lowest BCUT2D eigenvalue weighted by Crippen LogP contribution is -2.41. The number of aryl methyl sites for hydroxylation is 2. The van der Waals surface area contributed by atoms with Gasteiger partial charge in [0.1, 0.15) is 5.69 Å². The van der Waals surface area contributed by atoms with Gasteiger partial charge in [-0.1, -0.05) is 0 Å².